The van der Waals surface area contributed by atoms with Gasteiger partial charge in [-0.2, -0.15) is 0 Å². The number of carbonyl (C=O) groups excluding carboxylic acids is 1. The highest BCUT2D eigenvalue weighted by Crippen LogP contribution is 1.99. The van der Waals surface area contributed by atoms with E-state index in [1.807, 2.05) is 12.2 Å². The van der Waals surface area contributed by atoms with E-state index < -0.39 is 0 Å². The molecule has 0 aromatic carbocycles. The Labute approximate surface area is 70.4 Å². The first-order chi connectivity index (χ1) is 5.34. The topological polar surface area (TPSA) is 20.3 Å². The molecule has 58 valence electrons. The van der Waals surface area contributed by atoms with Crippen LogP contribution in [0.25, 0.3) is 0 Å². The van der Waals surface area contributed by atoms with Crippen molar-refractivity contribution in [2.75, 3.05) is 5.88 Å². The van der Waals surface area contributed by atoms with Crippen LogP contribution in [-0.2, 0) is 4.79 Å². The fraction of sp³-hybridized carbons (Fsp3) is 0.125. The van der Waals surface area contributed by atoms with E-state index in [1.54, 1.807) is 24.6 Å². The van der Waals surface area contributed by atoms with Crippen LogP contribution >= 0.6 is 11.6 Å². The van der Waals surface area contributed by atoms with Crippen molar-refractivity contribution in [3.05, 3.63) is 36.7 Å². The minimum atomic E-state index is -0.122. The van der Waals surface area contributed by atoms with E-state index >= 15 is 0 Å². The molecule has 1 amide bonds. The third kappa shape index (κ3) is 2.24. The van der Waals surface area contributed by atoms with Crippen molar-refractivity contribution < 1.29 is 4.79 Å². The molecular formula is C8H8ClNO. The van der Waals surface area contributed by atoms with Gasteiger partial charge in [0.25, 0.3) is 0 Å². The largest absolute Gasteiger partial charge is 0.294 e. The minimum absolute atomic E-state index is 0.00861. The summed E-state index contributed by atoms with van der Waals surface area (Å²) in [5, 5.41) is 0. The molecule has 1 aliphatic heterocycles. The molecule has 0 unspecified atom stereocenters. The molecule has 0 atom stereocenters. The van der Waals surface area contributed by atoms with E-state index in [1.165, 1.54) is 4.90 Å². The zero-order chi connectivity index (χ0) is 8.10. The van der Waals surface area contributed by atoms with E-state index in [9.17, 15) is 4.79 Å². The van der Waals surface area contributed by atoms with Crippen LogP contribution in [-0.4, -0.2) is 16.7 Å². The van der Waals surface area contributed by atoms with Gasteiger partial charge in [-0.05, 0) is 12.2 Å². The fourth-order valence-electron chi connectivity index (χ4n) is 0.698. The number of halogens is 1. The molecule has 3 heteroatoms. The first kappa shape index (κ1) is 8.08. The smallest absolute Gasteiger partial charge is 0.245 e. The lowest BCUT2D eigenvalue weighted by molar-refractivity contribution is -0.123. The van der Waals surface area contributed by atoms with Crippen LogP contribution in [0.15, 0.2) is 36.7 Å². The monoisotopic (exact) mass is 169 g/mol. The summed E-state index contributed by atoms with van der Waals surface area (Å²) in [5.41, 5.74) is 0. The second kappa shape index (κ2) is 3.98. The van der Waals surface area contributed by atoms with Crippen molar-refractivity contribution in [3.63, 3.8) is 0 Å². The predicted octanol–water partition coefficient (Wildman–Crippen LogP) is 1.65. The Morgan fingerprint density at radius 3 is 2.18 bits per heavy atom. The second-order valence-electron chi connectivity index (χ2n) is 2.00. The maximum absolute atomic E-state index is 11.0. The Morgan fingerprint density at radius 2 is 1.73 bits per heavy atom. The lowest BCUT2D eigenvalue weighted by Crippen LogP contribution is -2.20. The van der Waals surface area contributed by atoms with Gasteiger partial charge in [0.15, 0.2) is 0 Å². The van der Waals surface area contributed by atoms with Crippen LogP contribution < -0.4 is 0 Å². The van der Waals surface area contributed by atoms with Gasteiger partial charge in [-0.15, -0.1) is 11.6 Å². The second-order valence-corrected chi connectivity index (χ2v) is 2.27. The number of alkyl halides is 1. The molecule has 0 aromatic rings. The normalized spacial score (nSPS) is 15.2. The van der Waals surface area contributed by atoms with Crippen molar-refractivity contribution in [3.8, 4) is 0 Å². The third-order valence-corrected chi connectivity index (χ3v) is 1.46. The Kier molecular flexibility index (Phi) is 2.93. The van der Waals surface area contributed by atoms with Gasteiger partial charge in [0.1, 0.15) is 5.88 Å². The average Bonchev–Trinajstić information content (AvgIpc) is 2.30. The van der Waals surface area contributed by atoms with Gasteiger partial charge in [0.2, 0.25) is 5.91 Å². The number of rotatable bonds is 1. The standard InChI is InChI=1S/C8H8ClNO/c9-7-8(11)10-5-3-1-2-4-6-10/h1-6H,7H2. The molecule has 11 heavy (non-hydrogen) atoms. The maximum atomic E-state index is 11.0. The molecule has 1 heterocycles. The Balaban J connectivity index is 2.67. The van der Waals surface area contributed by atoms with Crippen molar-refractivity contribution in [1.29, 1.82) is 0 Å². The van der Waals surface area contributed by atoms with Crippen molar-refractivity contribution in [2.24, 2.45) is 0 Å². The SMILES string of the molecule is O=C(CCl)N1C=CC=CC=C1. The highest BCUT2D eigenvalue weighted by molar-refractivity contribution is 6.27. The van der Waals surface area contributed by atoms with Gasteiger partial charge in [0, 0.05) is 12.4 Å². The van der Waals surface area contributed by atoms with Crippen LogP contribution in [0.5, 0.6) is 0 Å². The number of amides is 1. The number of carbonyl (C=O) groups is 1. The van der Waals surface area contributed by atoms with Gasteiger partial charge >= 0.3 is 0 Å². The molecule has 0 fully saturated rings. The first-order valence-electron chi connectivity index (χ1n) is 3.23. The summed E-state index contributed by atoms with van der Waals surface area (Å²) in [7, 11) is 0. The van der Waals surface area contributed by atoms with Crippen molar-refractivity contribution >= 4 is 17.5 Å². The fourth-order valence-corrected chi connectivity index (χ4v) is 0.836. The minimum Gasteiger partial charge on any atom is -0.294 e. The van der Waals surface area contributed by atoms with Crippen molar-refractivity contribution in [1.82, 2.24) is 4.90 Å². The number of nitrogens with zero attached hydrogens (tertiary/aromatic N) is 1. The van der Waals surface area contributed by atoms with E-state index in [2.05, 4.69) is 0 Å². The zero-order valence-electron chi connectivity index (χ0n) is 5.90. The van der Waals surface area contributed by atoms with Crippen LogP contribution in [0.1, 0.15) is 0 Å². The van der Waals surface area contributed by atoms with Crippen LogP contribution in [0.3, 0.4) is 0 Å². The summed E-state index contributed by atoms with van der Waals surface area (Å²) in [4.78, 5) is 12.4. The lowest BCUT2D eigenvalue weighted by Gasteiger charge is -2.09. The lowest BCUT2D eigenvalue weighted by atomic mass is 10.5. The Morgan fingerprint density at radius 1 is 1.18 bits per heavy atom. The molecule has 0 saturated carbocycles. The quantitative estimate of drug-likeness (QED) is 0.547. The molecule has 0 radical (unpaired) electrons. The first-order valence-corrected chi connectivity index (χ1v) is 3.77. The maximum Gasteiger partial charge on any atom is 0.245 e. The van der Waals surface area contributed by atoms with Gasteiger partial charge in [-0.1, -0.05) is 12.2 Å². The Bertz CT molecular complexity index is 214. The van der Waals surface area contributed by atoms with Gasteiger partial charge in [0.05, 0.1) is 0 Å². The predicted molar refractivity (Wildman–Crippen MR) is 45.0 cm³/mol. The van der Waals surface area contributed by atoms with Gasteiger partial charge in [-0.3, -0.25) is 9.69 Å². The number of hydrogen-bond donors (Lipinski definition) is 0. The summed E-state index contributed by atoms with van der Waals surface area (Å²) in [5.74, 6) is -0.114. The summed E-state index contributed by atoms with van der Waals surface area (Å²) in [6.45, 7) is 0. The zero-order valence-corrected chi connectivity index (χ0v) is 6.66. The van der Waals surface area contributed by atoms with E-state index in [4.69, 9.17) is 11.6 Å². The van der Waals surface area contributed by atoms with E-state index in [-0.39, 0.29) is 11.8 Å². The summed E-state index contributed by atoms with van der Waals surface area (Å²) < 4.78 is 0. The molecule has 1 aliphatic rings. The van der Waals surface area contributed by atoms with Gasteiger partial charge < -0.3 is 0 Å². The summed E-state index contributed by atoms with van der Waals surface area (Å²) >= 11 is 5.36. The molecule has 0 N–H and O–H groups in total. The highest BCUT2D eigenvalue weighted by Gasteiger charge is 2.04. The van der Waals surface area contributed by atoms with Crippen LogP contribution in [0.2, 0.25) is 0 Å². The molecule has 0 saturated heterocycles. The van der Waals surface area contributed by atoms with E-state index in [0.717, 1.165) is 0 Å². The Hall–Kier alpha value is -1.02. The van der Waals surface area contributed by atoms with Crippen LogP contribution in [0.4, 0.5) is 0 Å². The molecule has 1 rings (SSSR count). The third-order valence-electron chi connectivity index (χ3n) is 1.23. The molecule has 0 bridgehead atoms. The summed E-state index contributed by atoms with van der Waals surface area (Å²) in [6, 6.07) is 0. The average molecular weight is 170 g/mol. The van der Waals surface area contributed by atoms with E-state index in [0.29, 0.717) is 0 Å². The van der Waals surface area contributed by atoms with Crippen molar-refractivity contribution in [2.45, 2.75) is 0 Å². The molecule has 0 spiro atoms. The molecule has 0 aromatic heterocycles. The molecular weight excluding hydrogens is 162 g/mol. The highest BCUT2D eigenvalue weighted by atomic mass is 35.5. The number of allylic oxidation sites excluding steroid dienone is 4. The van der Waals surface area contributed by atoms with Crippen LogP contribution in [0, 0.1) is 0 Å². The molecule has 0 aliphatic carbocycles. The summed E-state index contributed by atoms with van der Waals surface area (Å²) in [6.07, 6.45) is 10.6. The molecule has 2 nitrogen and oxygen atoms in total. The number of hydrogen-bond acceptors (Lipinski definition) is 1. The van der Waals surface area contributed by atoms with Gasteiger partial charge in [-0.25, -0.2) is 0 Å².